The summed E-state index contributed by atoms with van der Waals surface area (Å²) in [5.74, 6) is 0.960. The summed E-state index contributed by atoms with van der Waals surface area (Å²) in [5, 5.41) is 7.36. The number of fused-ring (bicyclic) bond motifs is 1. The lowest BCUT2D eigenvalue weighted by Gasteiger charge is -2.20. The van der Waals surface area contributed by atoms with E-state index in [2.05, 4.69) is 27.5 Å². The molecule has 166 valence electrons. The van der Waals surface area contributed by atoms with E-state index in [1.807, 2.05) is 52.0 Å². The first-order valence-corrected chi connectivity index (χ1v) is 10.8. The molecule has 1 aliphatic rings. The number of pyridine rings is 2. The predicted octanol–water partition coefficient (Wildman–Crippen LogP) is 5.55. The molecule has 0 aliphatic heterocycles. The number of nitrogens with zero attached hydrogens (tertiary/aromatic N) is 2. The van der Waals surface area contributed by atoms with Crippen molar-refractivity contribution in [2.75, 3.05) is 10.6 Å². The van der Waals surface area contributed by atoms with Crippen LogP contribution in [-0.4, -0.2) is 27.6 Å². The van der Waals surface area contributed by atoms with Crippen molar-refractivity contribution in [1.29, 1.82) is 0 Å². The Labute approximate surface area is 187 Å². The summed E-state index contributed by atoms with van der Waals surface area (Å²) < 4.78 is 5.44. The van der Waals surface area contributed by atoms with Crippen LogP contribution in [0.4, 0.5) is 16.3 Å². The van der Waals surface area contributed by atoms with Crippen LogP contribution in [0.5, 0.6) is 0 Å². The number of aryl methyl sites for hydroxylation is 1. The lowest BCUT2D eigenvalue weighted by atomic mass is 9.99. The van der Waals surface area contributed by atoms with E-state index < -0.39 is 11.7 Å². The molecule has 2 N–H and O–H groups in total. The first kappa shape index (κ1) is 21.7. The monoisotopic (exact) mass is 432 g/mol. The number of amides is 2. The van der Waals surface area contributed by atoms with Crippen LogP contribution in [0.3, 0.4) is 0 Å². The normalized spacial score (nSPS) is 17.7. The van der Waals surface area contributed by atoms with Gasteiger partial charge in [0.15, 0.2) is 0 Å². The van der Waals surface area contributed by atoms with Crippen LogP contribution in [0.2, 0.25) is 0 Å². The van der Waals surface area contributed by atoms with Gasteiger partial charge in [-0.1, -0.05) is 6.92 Å². The van der Waals surface area contributed by atoms with Gasteiger partial charge in [0.1, 0.15) is 11.4 Å². The fraction of sp³-hybridized carbons (Fsp3) is 0.360. The molecule has 32 heavy (non-hydrogen) atoms. The van der Waals surface area contributed by atoms with Crippen LogP contribution in [0, 0.1) is 18.8 Å². The molecule has 0 saturated heterocycles. The van der Waals surface area contributed by atoms with Gasteiger partial charge >= 0.3 is 6.09 Å². The van der Waals surface area contributed by atoms with Crippen molar-refractivity contribution in [2.24, 2.45) is 11.8 Å². The molecule has 1 aromatic carbocycles. The first-order chi connectivity index (χ1) is 15.1. The molecule has 0 bridgehead atoms. The number of carbonyl (C=O) groups excluding carboxylic acids is 2. The molecule has 2 atom stereocenters. The maximum absolute atomic E-state index is 12.5. The minimum Gasteiger partial charge on any atom is -0.444 e. The molecule has 1 fully saturated rings. The zero-order valence-corrected chi connectivity index (χ0v) is 19.0. The van der Waals surface area contributed by atoms with Crippen molar-refractivity contribution in [1.82, 2.24) is 9.97 Å². The third-order valence-electron chi connectivity index (χ3n) is 5.52. The van der Waals surface area contributed by atoms with Gasteiger partial charge in [-0.15, -0.1) is 0 Å². The van der Waals surface area contributed by atoms with Gasteiger partial charge in [0, 0.05) is 35.5 Å². The van der Waals surface area contributed by atoms with Gasteiger partial charge in [-0.05, 0) is 80.8 Å². The quantitative estimate of drug-likeness (QED) is 0.564. The van der Waals surface area contributed by atoms with E-state index in [4.69, 9.17) is 4.74 Å². The number of carbonyl (C=O) groups is 2. The zero-order chi connectivity index (χ0) is 23.0. The molecule has 2 heterocycles. The highest BCUT2D eigenvalue weighted by atomic mass is 16.6. The SMILES string of the molecule is Cc1ccncc1-c1cc(NC(=O)OC(C)(C)C)c2cnc(NC(=O)[C@@H]3CC3C)cc2c1. The summed E-state index contributed by atoms with van der Waals surface area (Å²) >= 11 is 0. The van der Waals surface area contributed by atoms with E-state index in [1.165, 1.54) is 0 Å². The van der Waals surface area contributed by atoms with Crippen molar-refractivity contribution in [2.45, 2.75) is 46.6 Å². The van der Waals surface area contributed by atoms with Crippen LogP contribution in [0.15, 0.2) is 42.9 Å². The summed E-state index contributed by atoms with van der Waals surface area (Å²) in [4.78, 5) is 33.5. The Hall–Kier alpha value is -3.48. The van der Waals surface area contributed by atoms with Crippen LogP contribution in [0.25, 0.3) is 21.9 Å². The van der Waals surface area contributed by atoms with E-state index in [0.717, 1.165) is 33.9 Å². The average Bonchev–Trinajstić information content (AvgIpc) is 3.43. The van der Waals surface area contributed by atoms with E-state index in [9.17, 15) is 9.59 Å². The van der Waals surface area contributed by atoms with Gasteiger partial charge in [0.05, 0.1) is 5.69 Å². The maximum atomic E-state index is 12.5. The van der Waals surface area contributed by atoms with E-state index in [-0.39, 0.29) is 11.8 Å². The second kappa shape index (κ2) is 8.22. The van der Waals surface area contributed by atoms with E-state index >= 15 is 0 Å². The van der Waals surface area contributed by atoms with E-state index in [0.29, 0.717) is 17.4 Å². The molecule has 7 heteroatoms. The lowest BCUT2D eigenvalue weighted by Crippen LogP contribution is -2.27. The number of hydrogen-bond acceptors (Lipinski definition) is 5. The van der Waals surface area contributed by atoms with Crippen molar-refractivity contribution in [3.63, 3.8) is 0 Å². The molecule has 3 aromatic rings. The van der Waals surface area contributed by atoms with Crippen molar-refractivity contribution >= 4 is 34.3 Å². The highest BCUT2D eigenvalue weighted by Crippen LogP contribution is 2.39. The number of hydrogen-bond donors (Lipinski definition) is 2. The average molecular weight is 433 g/mol. The number of rotatable bonds is 4. The number of nitrogens with one attached hydrogen (secondary N) is 2. The Morgan fingerprint density at radius 1 is 1.12 bits per heavy atom. The van der Waals surface area contributed by atoms with Gasteiger partial charge in [0.25, 0.3) is 0 Å². The van der Waals surface area contributed by atoms with Gasteiger partial charge < -0.3 is 10.1 Å². The highest BCUT2D eigenvalue weighted by Gasteiger charge is 2.39. The summed E-state index contributed by atoms with van der Waals surface area (Å²) in [5.41, 5.74) is 2.88. The molecular formula is C25H28N4O3. The summed E-state index contributed by atoms with van der Waals surface area (Å²) in [6, 6.07) is 7.67. The molecule has 1 unspecified atom stereocenters. The topological polar surface area (TPSA) is 93.2 Å². The largest absolute Gasteiger partial charge is 0.444 e. The van der Waals surface area contributed by atoms with Crippen molar-refractivity contribution < 1.29 is 14.3 Å². The first-order valence-electron chi connectivity index (χ1n) is 10.8. The molecule has 7 nitrogen and oxygen atoms in total. The highest BCUT2D eigenvalue weighted by molar-refractivity contribution is 6.04. The smallest absolute Gasteiger partial charge is 0.412 e. The number of aromatic nitrogens is 2. The fourth-order valence-electron chi connectivity index (χ4n) is 3.67. The lowest BCUT2D eigenvalue weighted by molar-refractivity contribution is -0.117. The fourth-order valence-corrected chi connectivity index (χ4v) is 3.67. The second-order valence-electron chi connectivity index (χ2n) is 9.44. The Morgan fingerprint density at radius 2 is 1.88 bits per heavy atom. The van der Waals surface area contributed by atoms with Crippen LogP contribution >= 0.6 is 0 Å². The van der Waals surface area contributed by atoms with Gasteiger partial charge in [-0.25, -0.2) is 9.78 Å². The molecule has 1 aliphatic carbocycles. The number of ether oxygens (including phenoxy) is 1. The number of anilines is 2. The standard InChI is InChI=1S/C25H28N4O3/c1-14-6-7-26-12-19(14)16-9-17-11-22(29-23(30)18-8-15(18)2)27-13-20(17)21(10-16)28-24(31)32-25(3,4)5/h6-7,9-13,15,18H,8H2,1-5H3,(H,28,31)(H,27,29,30)/t15?,18-/m1/s1. The van der Waals surface area contributed by atoms with E-state index in [1.54, 1.807) is 18.6 Å². The third kappa shape index (κ3) is 4.88. The maximum Gasteiger partial charge on any atom is 0.412 e. The van der Waals surface area contributed by atoms with Crippen molar-refractivity contribution in [3.8, 4) is 11.1 Å². The predicted molar refractivity (Wildman–Crippen MR) is 125 cm³/mol. The Morgan fingerprint density at radius 3 is 2.53 bits per heavy atom. The number of benzene rings is 1. The Kier molecular flexibility index (Phi) is 5.59. The van der Waals surface area contributed by atoms with Gasteiger partial charge in [0.2, 0.25) is 5.91 Å². The van der Waals surface area contributed by atoms with Crippen molar-refractivity contribution in [3.05, 3.63) is 48.4 Å². The zero-order valence-electron chi connectivity index (χ0n) is 19.0. The second-order valence-corrected chi connectivity index (χ2v) is 9.44. The third-order valence-corrected chi connectivity index (χ3v) is 5.52. The summed E-state index contributed by atoms with van der Waals surface area (Å²) in [6.07, 6.45) is 5.57. The van der Waals surface area contributed by atoms with Crippen LogP contribution in [-0.2, 0) is 9.53 Å². The summed E-state index contributed by atoms with van der Waals surface area (Å²) in [6.45, 7) is 9.53. The molecule has 2 amide bonds. The molecule has 0 spiro atoms. The van der Waals surface area contributed by atoms with Crippen LogP contribution < -0.4 is 10.6 Å². The molecule has 2 aromatic heterocycles. The molecule has 4 rings (SSSR count). The Balaban J connectivity index is 1.75. The van der Waals surface area contributed by atoms with Gasteiger partial charge in [-0.3, -0.25) is 15.1 Å². The molecule has 0 radical (unpaired) electrons. The Bertz CT molecular complexity index is 1200. The van der Waals surface area contributed by atoms with Gasteiger partial charge in [-0.2, -0.15) is 0 Å². The molecule has 1 saturated carbocycles. The minimum atomic E-state index is -0.618. The van der Waals surface area contributed by atoms with Crippen LogP contribution in [0.1, 0.15) is 39.7 Å². The minimum absolute atomic E-state index is 0.00397. The summed E-state index contributed by atoms with van der Waals surface area (Å²) in [7, 11) is 0. The molecular weight excluding hydrogens is 404 g/mol.